The zero-order valence-corrected chi connectivity index (χ0v) is 11.8. The second kappa shape index (κ2) is 5.32. The van der Waals surface area contributed by atoms with Crippen LogP contribution in [0.25, 0.3) is 0 Å². The van der Waals surface area contributed by atoms with Gasteiger partial charge in [-0.15, -0.1) is 0 Å². The van der Waals surface area contributed by atoms with Crippen molar-refractivity contribution in [3.63, 3.8) is 0 Å². The maximum absolute atomic E-state index is 13.7. The lowest BCUT2D eigenvalue weighted by Gasteiger charge is -2.13. The smallest absolute Gasteiger partial charge is 0.129 e. The quantitative estimate of drug-likeness (QED) is 0.804. The van der Waals surface area contributed by atoms with Crippen LogP contribution in [-0.4, -0.2) is 5.11 Å². The third-order valence-corrected chi connectivity index (χ3v) is 3.41. The van der Waals surface area contributed by atoms with Crippen LogP contribution in [0.2, 0.25) is 0 Å². The van der Waals surface area contributed by atoms with Gasteiger partial charge in [-0.3, -0.25) is 0 Å². The van der Waals surface area contributed by atoms with Gasteiger partial charge in [0, 0.05) is 9.13 Å². The molecule has 94 valence electrons. The van der Waals surface area contributed by atoms with Crippen molar-refractivity contribution < 1.29 is 13.9 Å². The van der Waals surface area contributed by atoms with Crippen LogP contribution in [0.3, 0.4) is 0 Å². The van der Waals surface area contributed by atoms with Gasteiger partial charge in [-0.2, -0.15) is 0 Å². The average Bonchev–Trinajstić information content (AvgIpc) is 2.33. The Morgan fingerprint density at radius 2 is 1.83 bits per heavy atom. The minimum atomic E-state index is -1.16. The molecule has 0 fully saturated rings. The van der Waals surface area contributed by atoms with E-state index in [9.17, 15) is 13.9 Å². The number of aliphatic hydroxyl groups is 1. The topological polar surface area (TPSA) is 20.2 Å². The van der Waals surface area contributed by atoms with Crippen LogP contribution in [0.15, 0.2) is 36.4 Å². The number of hydrogen-bond acceptors (Lipinski definition) is 1. The molecular weight excluding hydrogens is 349 g/mol. The normalized spacial score (nSPS) is 12.5. The summed E-state index contributed by atoms with van der Waals surface area (Å²) >= 11 is 2.10. The van der Waals surface area contributed by atoms with Crippen LogP contribution < -0.4 is 0 Å². The van der Waals surface area contributed by atoms with Crippen LogP contribution >= 0.6 is 22.6 Å². The number of aryl methyl sites for hydroxylation is 1. The van der Waals surface area contributed by atoms with Crippen molar-refractivity contribution in [2.75, 3.05) is 0 Å². The summed E-state index contributed by atoms with van der Waals surface area (Å²) in [6.07, 6.45) is -1.16. The molecule has 2 aromatic carbocycles. The number of rotatable bonds is 2. The predicted molar refractivity (Wildman–Crippen MR) is 74.3 cm³/mol. The highest BCUT2D eigenvalue weighted by atomic mass is 127. The van der Waals surface area contributed by atoms with Gasteiger partial charge in [-0.25, -0.2) is 8.78 Å². The molecule has 18 heavy (non-hydrogen) atoms. The van der Waals surface area contributed by atoms with Gasteiger partial charge in [0.1, 0.15) is 17.7 Å². The number of hydrogen-bond donors (Lipinski definition) is 1. The molecule has 0 aliphatic heterocycles. The van der Waals surface area contributed by atoms with Gasteiger partial charge in [0.2, 0.25) is 0 Å². The molecule has 0 saturated carbocycles. The Morgan fingerprint density at radius 1 is 1.11 bits per heavy atom. The largest absolute Gasteiger partial charge is 0.384 e. The van der Waals surface area contributed by atoms with Gasteiger partial charge >= 0.3 is 0 Å². The first kappa shape index (κ1) is 13.4. The minimum absolute atomic E-state index is 0.0416. The van der Waals surface area contributed by atoms with Crippen molar-refractivity contribution in [1.82, 2.24) is 0 Å². The summed E-state index contributed by atoms with van der Waals surface area (Å²) < 4.78 is 28.1. The second-order valence-electron chi connectivity index (χ2n) is 4.08. The van der Waals surface area contributed by atoms with Crippen LogP contribution in [0.1, 0.15) is 22.8 Å². The molecule has 1 N–H and O–H groups in total. The minimum Gasteiger partial charge on any atom is -0.384 e. The van der Waals surface area contributed by atoms with Crippen molar-refractivity contribution in [2.45, 2.75) is 13.0 Å². The standard InChI is InChI=1S/C14H11F2IO/c1-8-5-13(16)11(7-12(8)15)14(18)9-3-2-4-10(17)6-9/h2-7,14,18H,1H3. The monoisotopic (exact) mass is 360 g/mol. The highest BCUT2D eigenvalue weighted by molar-refractivity contribution is 14.1. The molecule has 0 amide bonds. The third-order valence-electron chi connectivity index (χ3n) is 2.74. The molecule has 0 aliphatic carbocycles. The van der Waals surface area contributed by atoms with Crippen molar-refractivity contribution in [2.24, 2.45) is 0 Å². The molecule has 0 aromatic heterocycles. The van der Waals surface area contributed by atoms with E-state index in [0.29, 0.717) is 5.56 Å². The maximum Gasteiger partial charge on any atom is 0.129 e. The molecule has 0 bridgehead atoms. The summed E-state index contributed by atoms with van der Waals surface area (Å²) in [5.74, 6) is -1.11. The molecule has 0 radical (unpaired) electrons. The maximum atomic E-state index is 13.7. The first-order chi connectivity index (χ1) is 8.49. The SMILES string of the molecule is Cc1cc(F)c(C(O)c2cccc(I)c2)cc1F. The highest BCUT2D eigenvalue weighted by Crippen LogP contribution is 2.27. The number of benzene rings is 2. The molecule has 1 nitrogen and oxygen atoms in total. The Labute approximate surface area is 118 Å². The molecular formula is C14H11F2IO. The fourth-order valence-corrected chi connectivity index (χ4v) is 2.29. The molecule has 2 rings (SSSR count). The summed E-state index contributed by atoms with van der Waals surface area (Å²) in [6.45, 7) is 1.49. The molecule has 0 saturated heterocycles. The highest BCUT2D eigenvalue weighted by Gasteiger charge is 2.17. The van der Waals surface area contributed by atoms with Gasteiger partial charge in [-0.1, -0.05) is 12.1 Å². The van der Waals surface area contributed by atoms with Crippen molar-refractivity contribution in [3.8, 4) is 0 Å². The molecule has 0 aliphatic rings. The molecule has 1 unspecified atom stereocenters. The Hall–Kier alpha value is -1.01. The van der Waals surface area contributed by atoms with E-state index in [4.69, 9.17) is 0 Å². The zero-order chi connectivity index (χ0) is 13.3. The summed E-state index contributed by atoms with van der Waals surface area (Å²) in [5.41, 5.74) is 0.732. The van der Waals surface area contributed by atoms with Crippen molar-refractivity contribution in [3.05, 3.63) is 68.3 Å². The Bertz CT molecular complexity index is 584. The van der Waals surface area contributed by atoms with E-state index in [0.717, 1.165) is 15.7 Å². The second-order valence-corrected chi connectivity index (χ2v) is 5.33. The first-order valence-corrected chi connectivity index (χ1v) is 6.46. The molecule has 4 heteroatoms. The Kier molecular flexibility index (Phi) is 3.97. The summed E-state index contributed by atoms with van der Waals surface area (Å²) in [5, 5.41) is 10.1. The Balaban J connectivity index is 2.46. The van der Waals surface area contributed by atoms with Gasteiger partial charge in [0.25, 0.3) is 0 Å². The first-order valence-electron chi connectivity index (χ1n) is 5.38. The van der Waals surface area contributed by atoms with E-state index >= 15 is 0 Å². The summed E-state index contributed by atoms with van der Waals surface area (Å²) in [7, 11) is 0. The van der Waals surface area contributed by atoms with E-state index in [2.05, 4.69) is 22.6 Å². The van der Waals surface area contributed by atoms with E-state index < -0.39 is 17.7 Å². The van der Waals surface area contributed by atoms with Crippen LogP contribution in [0.5, 0.6) is 0 Å². The summed E-state index contributed by atoms with van der Waals surface area (Å²) in [6, 6.07) is 9.20. The van der Waals surface area contributed by atoms with E-state index in [1.807, 2.05) is 6.07 Å². The van der Waals surface area contributed by atoms with E-state index in [-0.39, 0.29) is 11.1 Å². The fourth-order valence-electron chi connectivity index (χ4n) is 1.73. The third kappa shape index (κ3) is 2.70. The van der Waals surface area contributed by atoms with E-state index in [1.54, 1.807) is 18.2 Å². The molecule has 2 aromatic rings. The van der Waals surface area contributed by atoms with Crippen LogP contribution in [0, 0.1) is 22.1 Å². The molecule has 0 heterocycles. The lowest BCUT2D eigenvalue weighted by atomic mass is 10.00. The van der Waals surface area contributed by atoms with Gasteiger partial charge in [0.05, 0.1) is 0 Å². The van der Waals surface area contributed by atoms with E-state index in [1.165, 1.54) is 6.92 Å². The number of halogens is 3. The average molecular weight is 360 g/mol. The Morgan fingerprint density at radius 3 is 2.50 bits per heavy atom. The van der Waals surface area contributed by atoms with Gasteiger partial charge < -0.3 is 5.11 Å². The summed E-state index contributed by atoms with van der Waals surface area (Å²) in [4.78, 5) is 0. The van der Waals surface area contributed by atoms with Crippen molar-refractivity contribution >= 4 is 22.6 Å². The van der Waals surface area contributed by atoms with Crippen LogP contribution in [-0.2, 0) is 0 Å². The van der Waals surface area contributed by atoms with Gasteiger partial charge in [-0.05, 0) is 64.9 Å². The predicted octanol–water partition coefficient (Wildman–Crippen LogP) is 3.96. The van der Waals surface area contributed by atoms with Crippen molar-refractivity contribution in [1.29, 1.82) is 0 Å². The molecule has 0 spiro atoms. The fraction of sp³-hybridized carbons (Fsp3) is 0.143. The lowest BCUT2D eigenvalue weighted by molar-refractivity contribution is 0.214. The van der Waals surface area contributed by atoms with Crippen LogP contribution in [0.4, 0.5) is 8.78 Å². The number of aliphatic hydroxyl groups excluding tert-OH is 1. The molecule has 1 atom stereocenters. The zero-order valence-electron chi connectivity index (χ0n) is 9.62. The lowest BCUT2D eigenvalue weighted by Crippen LogP contribution is -2.04. The van der Waals surface area contributed by atoms with Gasteiger partial charge in [0.15, 0.2) is 0 Å².